The third kappa shape index (κ3) is 7.07. The minimum Gasteiger partial charge on any atom is -0.493 e. The van der Waals surface area contributed by atoms with Gasteiger partial charge in [0.25, 0.3) is 5.24 Å². The molecule has 6 atom stereocenters. The van der Waals surface area contributed by atoms with E-state index in [2.05, 4.69) is 10.3 Å². The number of nitrogens with one attached hydrogen (secondary N) is 1. The van der Waals surface area contributed by atoms with Gasteiger partial charge >= 0.3 is 5.97 Å². The van der Waals surface area contributed by atoms with Gasteiger partial charge in [-0.1, -0.05) is 30.0 Å². The SMILES string of the molecule is O=C1NC(=O)[C@@H](Cc2ccc(OCCc3ccc(CCO[C@@H]4O[C@@H](C(=O)O)[C@@H](O)[C@H](O)[C@@H]4O)cn3)cc2)S1. The van der Waals surface area contributed by atoms with Crippen molar-refractivity contribution in [1.29, 1.82) is 0 Å². The molecule has 0 radical (unpaired) electrons. The van der Waals surface area contributed by atoms with Crippen LogP contribution in [0.4, 0.5) is 4.79 Å². The lowest BCUT2D eigenvalue weighted by Gasteiger charge is -2.38. The maximum Gasteiger partial charge on any atom is 0.335 e. The summed E-state index contributed by atoms with van der Waals surface area (Å²) in [5, 5.41) is 40.2. The number of hydrogen-bond acceptors (Lipinski definition) is 11. The molecule has 0 bridgehead atoms. The zero-order chi connectivity index (χ0) is 27.2. The Labute approximate surface area is 221 Å². The van der Waals surface area contributed by atoms with E-state index in [0.29, 0.717) is 31.6 Å². The zero-order valence-corrected chi connectivity index (χ0v) is 21.0. The predicted octanol–water partition coefficient (Wildman–Crippen LogP) is 0.0485. The van der Waals surface area contributed by atoms with Crippen LogP contribution >= 0.6 is 11.8 Å². The van der Waals surface area contributed by atoms with Gasteiger partial charge in [0.05, 0.1) is 18.5 Å². The van der Waals surface area contributed by atoms with Gasteiger partial charge in [0.2, 0.25) is 5.91 Å². The van der Waals surface area contributed by atoms with Gasteiger partial charge in [-0.3, -0.25) is 19.9 Å². The van der Waals surface area contributed by atoms with Crippen molar-refractivity contribution in [3.05, 3.63) is 59.4 Å². The normalized spacial score (nSPS) is 27.2. The lowest BCUT2D eigenvalue weighted by Crippen LogP contribution is -2.60. The molecule has 0 unspecified atom stereocenters. The van der Waals surface area contributed by atoms with E-state index in [0.717, 1.165) is 28.6 Å². The van der Waals surface area contributed by atoms with Crippen LogP contribution < -0.4 is 10.1 Å². The van der Waals surface area contributed by atoms with Crippen molar-refractivity contribution in [2.24, 2.45) is 0 Å². The summed E-state index contributed by atoms with van der Waals surface area (Å²) in [4.78, 5) is 38.5. The summed E-state index contributed by atoms with van der Waals surface area (Å²) in [5.74, 6) is -1.06. The Morgan fingerprint density at radius 1 is 0.974 bits per heavy atom. The summed E-state index contributed by atoms with van der Waals surface area (Å²) >= 11 is 1.000. The Bertz CT molecular complexity index is 1130. The van der Waals surface area contributed by atoms with Crippen molar-refractivity contribution in [3.8, 4) is 5.75 Å². The van der Waals surface area contributed by atoms with Gasteiger partial charge in [0.15, 0.2) is 12.4 Å². The Hall–Kier alpha value is -3.07. The van der Waals surface area contributed by atoms with E-state index in [1.807, 2.05) is 36.4 Å². The first kappa shape index (κ1) is 28.0. The molecular formula is C25H28N2O10S. The number of aromatic nitrogens is 1. The predicted molar refractivity (Wildman–Crippen MR) is 132 cm³/mol. The molecule has 0 aliphatic carbocycles. The maximum absolute atomic E-state index is 11.7. The molecule has 5 N–H and O–H groups in total. The van der Waals surface area contributed by atoms with E-state index in [4.69, 9.17) is 19.3 Å². The number of aliphatic carboxylic acids is 1. The van der Waals surface area contributed by atoms with E-state index in [9.17, 15) is 29.7 Å². The average Bonchev–Trinajstić information content (AvgIpc) is 3.21. The summed E-state index contributed by atoms with van der Waals surface area (Å²) < 4.78 is 16.3. The van der Waals surface area contributed by atoms with E-state index in [1.165, 1.54) is 0 Å². The molecule has 3 heterocycles. The molecule has 13 heteroatoms. The summed E-state index contributed by atoms with van der Waals surface area (Å²) in [6.45, 7) is 0.470. The number of rotatable bonds is 11. The van der Waals surface area contributed by atoms with Crippen LogP contribution in [0.15, 0.2) is 42.6 Å². The fourth-order valence-corrected chi connectivity index (χ4v) is 4.83. The summed E-state index contributed by atoms with van der Waals surface area (Å²) in [6.07, 6.45) is -5.05. The molecule has 204 valence electrons. The van der Waals surface area contributed by atoms with Gasteiger partial charge in [0.1, 0.15) is 24.1 Å². The second-order valence-electron chi connectivity index (χ2n) is 8.84. The van der Waals surface area contributed by atoms with E-state index < -0.39 is 41.9 Å². The molecule has 2 amide bonds. The highest BCUT2D eigenvalue weighted by atomic mass is 32.2. The van der Waals surface area contributed by atoms with Crippen LogP contribution in [0.5, 0.6) is 5.75 Å². The third-order valence-electron chi connectivity index (χ3n) is 6.11. The van der Waals surface area contributed by atoms with Crippen molar-refractivity contribution >= 4 is 28.9 Å². The Morgan fingerprint density at radius 3 is 2.34 bits per heavy atom. The fraction of sp³-hybridized carbons (Fsp3) is 0.440. The van der Waals surface area contributed by atoms with Crippen LogP contribution in [0.3, 0.4) is 0 Å². The molecule has 0 spiro atoms. The van der Waals surface area contributed by atoms with Gasteiger partial charge < -0.3 is 34.6 Å². The minimum atomic E-state index is -1.76. The number of carboxylic acids is 1. The third-order valence-corrected chi connectivity index (χ3v) is 7.09. The first-order valence-corrected chi connectivity index (χ1v) is 12.8. The van der Waals surface area contributed by atoms with Crippen LogP contribution in [-0.4, -0.2) is 91.7 Å². The Kier molecular flexibility index (Phi) is 9.31. The van der Waals surface area contributed by atoms with Crippen LogP contribution in [0.25, 0.3) is 0 Å². The van der Waals surface area contributed by atoms with Gasteiger partial charge in [-0.15, -0.1) is 0 Å². The van der Waals surface area contributed by atoms with Crippen LogP contribution in [0.1, 0.15) is 16.8 Å². The number of nitrogens with zero attached hydrogens (tertiary/aromatic N) is 1. The number of pyridine rings is 1. The second kappa shape index (κ2) is 12.7. The molecule has 2 aromatic rings. The first-order valence-electron chi connectivity index (χ1n) is 11.9. The molecular weight excluding hydrogens is 520 g/mol. The molecule has 12 nitrogen and oxygen atoms in total. The molecule has 38 heavy (non-hydrogen) atoms. The lowest BCUT2D eigenvalue weighted by atomic mass is 9.99. The second-order valence-corrected chi connectivity index (χ2v) is 10.0. The molecule has 4 rings (SSSR count). The van der Waals surface area contributed by atoms with Crippen LogP contribution in [0, 0.1) is 0 Å². The Morgan fingerprint density at radius 2 is 1.71 bits per heavy atom. The highest BCUT2D eigenvalue weighted by Crippen LogP contribution is 2.24. The largest absolute Gasteiger partial charge is 0.493 e. The number of carbonyl (C=O) groups excluding carboxylic acids is 2. The highest BCUT2D eigenvalue weighted by Gasteiger charge is 2.47. The number of carbonyl (C=O) groups is 3. The zero-order valence-electron chi connectivity index (χ0n) is 20.1. The van der Waals surface area contributed by atoms with Crippen LogP contribution in [0.2, 0.25) is 0 Å². The molecule has 1 aromatic heterocycles. The van der Waals surface area contributed by atoms with E-state index in [1.54, 1.807) is 6.20 Å². The topological polar surface area (TPSA) is 185 Å². The number of benzene rings is 1. The number of aliphatic hydroxyl groups excluding tert-OH is 3. The van der Waals surface area contributed by atoms with Gasteiger partial charge in [0, 0.05) is 18.3 Å². The molecule has 1 aromatic carbocycles. The number of aliphatic hydroxyl groups is 3. The van der Waals surface area contributed by atoms with Gasteiger partial charge in [-0.2, -0.15) is 0 Å². The lowest BCUT2D eigenvalue weighted by molar-refractivity contribution is -0.293. The standard InChI is InChI=1S/C25H28N2O10S/c28-18-19(29)21(23(32)33)37-24(20(18)30)36-9-7-14-1-4-15(26-12-14)8-10-35-16-5-2-13(3-6-16)11-17-22(31)27-25(34)38-17/h1-6,12,17-21,24,28-30H,7-11H2,(H,32,33)(H,27,31,34)/t17-,18+,19+,20+,21-,24-/m1/s1. The maximum atomic E-state index is 11.7. The molecule has 2 aliphatic rings. The molecule has 2 fully saturated rings. The van der Waals surface area contributed by atoms with Crippen LogP contribution in [-0.2, 0) is 38.3 Å². The van der Waals surface area contributed by atoms with Crippen molar-refractivity contribution < 1.29 is 49.0 Å². The number of carboxylic acid groups (broad SMARTS) is 1. The van der Waals surface area contributed by atoms with Gasteiger partial charge in [-0.05, 0) is 42.2 Å². The number of thioether (sulfide) groups is 1. The quantitative estimate of drug-likeness (QED) is 0.255. The fourth-order valence-electron chi connectivity index (χ4n) is 3.97. The minimum absolute atomic E-state index is 0.0669. The number of imide groups is 1. The van der Waals surface area contributed by atoms with Crippen molar-refractivity contribution in [2.75, 3.05) is 13.2 Å². The summed E-state index contributed by atoms with van der Waals surface area (Å²) in [7, 11) is 0. The van der Waals surface area contributed by atoms with E-state index in [-0.39, 0.29) is 17.8 Å². The monoisotopic (exact) mass is 548 g/mol. The van der Waals surface area contributed by atoms with Crippen molar-refractivity contribution in [2.45, 2.75) is 55.2 Å². The molecule has 0 saturated carbocycles. The molecule has 2 aliphatic heterocycles. The highest BCUT2D eigenvalue weighted by molar-refractivity contribution is 8.15. The smallest absolute Gasteiger partial charge is 0.335 e. The summed E-state index contributed by atoms with van der Waals surface area (Å²) in [6, 6.07) is 11.1. The van der Waals surface area contributed by atoms with E-state index >= 15 is 0 Å². The Balaban J connectivity index is 1.17. The number of amides is 2. The van der Waals surface area contributed by atoms with Crippen molar-refractivity contribution in [1.82, 2.24) is 10.3 Å². The molecule has 2 saturated heterocycles. The van der Waals surface area contributed by atoms with Crippen molar-refractivity contribution in [3.63, 3.8) is 0 Å². The van der Waals surface area contributed by atoms with Gasteiger partial charge in [-0.25, -0.2) is 4.79 Å². The average molecular weight is 549 g/mol. The summed E-state index contributed by atoms with van der Waals surface area (Å²) in [5.41, 5.74) is 2.58. The first-order chi connectivity index (χ1) is 18.2. The number of ether oxygens (including phenoxy) is 3. The number of hydrogen-bond donors (Lipinski definition) is 5.